The molecule has 1 rings (SSSR count). The smallest absolute Gasteiger partial charge is 0.387 e. The highest BCUT2D eigenvalue weighted by molar-refractivity contribution is 6.83. The van der Waals surface area contributed by atoms with Crippen molar-refractivity contribution in [2.45, 2.75) is 26.3 Å². The molecule has 0 bridgehead atoms. The van der Waals surface area contributed by atoms with Crippen LogP contribution in [0.5, 0.6) is 5.75 Å². The zero-order chi connectivity index (χ0) is 16.2. The van der Waals surface area contributed by atoms with Crippen LogP contribution in [0.4, 0.5) is 13.2 Å². The van der Waals surface area contributed by atoms with Gasteiger partial charge in [0, 0.05) is 0 Å². The lowest BCUT2D eigenvalue weighted by Crippen LogP contribution is -2.16. The fourth-order valence-electron chi connectivity index (χ4n) is 1.39. The number of ether oxygens (including phenoxy) is 2. The molecule has 0 aliphatic rings. The molecule has 21 heavy (non-hydrogen) atoms. The lowest BCUT2D eigenvalue weighted by molar-refractivity contribution is -0.0523. The second-order valence-electron chi connectivity index (χ2n) is 5.20. The summed E-state index contributed by atoms with van der Waals surface area (Å²) >= 11 is 0. The standard InChI is InChI=1S/C14H15F3O3Si/c1-19-13(18)10-7-9(5-6-21(2,3)4)12(11(15)8-10)20-14(16)17/h7-8,14H,1-4H3. The van der Waals surface area contributed by atoms with Gasteiger partial charge in [-0.1, -0.05) is 25.6 Å². The predicted molar refractivity (Wildman–Crippen MR) is 74.6 cm³/mol. The van der Waals surface area contributed by atoms with E-state index in [-0.39, 0.29) is 11.1 Å². The number of hydrogen-bond acceptors (Lipinski definition) is 3. The van der Waals surface area contributed by atoms with Crippen LogP contribution in [0.2, 0.25) is 19.6 Å². The number of esters is 1. The Kier molecular flexibility index (Phi) is 5.44. The molecule has 0 aliphatic carbocycles. The summed E-state index contributed by atoms with van der Waals surface area (Å²) in [7, 11) is -0.680. The van der Waals surface area contributed by atoms with Crippen molar-refractivity contribution >= 4 is 14.0 Å². The molecule has 0 unspecified atom stereocenters. The number of halogens is 3. The van der Waals surface area contributed by atoms with Crippen molar-refractivity contribution in [3.63, 3.8) is 0 Å². The van der Waals surface area contributed by atoms with Gasteiger partial charge in [-0.25, -0.2) is 9.18 Å². The molecule has 0 N–H and O–H groups in total. The number of carbonyl (C=O) groups is 1. The minimum absolute atomic E-state index is 0.0990. The van der Waals surface area contributed by atoms with Gasteiger partial charge in [0.1, 0.15) is 8.07 Å². The first-order valence-corrected chi connectivity index (χ1v) is 9.54. The molecule has 0 fully saturated rings. The molecule has 3 nitrogen and oxygen atoms in total. The quantitative estimate of drug-likeness (QED) is 0.487. The first-order valence-electron chi connectivity index (χ1n) is 6.04. The molecule has 114 valence electrons. The third-order valence-electron chi connectivity index (χ3n) is 2.24. The topological polar surface area (TPSA) is 35.5 Å². The van der Waals surface area contributed by atoms with Gasteiger partial charge < -0.3 is 9.47 Å². The first-order chi connectivity index (χ1) is 9.64. The Labute approximate surface area is 122 Å². The van der Waals surface area contributed by atoms with Crippen LogP contribution in [0.25, 0.3) is 0 Å². The molecular formula is C14H15F3O3Si. The molecule has 0 aromatic heterocycles. The lowest BCUT2D eigenvalue weighted by Gasteiger charge is -2.10. The highest BCUT2D eigenvalue weighted by Crippen LogP contribution is 2.26. The van der Waals surface area contributed by atoms with Gasteiger partial charge in [-0.15, -0.1) is 5.54 Å². The summed E-state index contributed by atoms with van der Waals surface area (Å²) in [4.78, 5) is 11.4. The molecule has 0 amide bonds. The summed E-state index contributed by atoms with van der Waals surface area (Å²) in [5.41, 5.74) is 2.70. The van der Waals surface area contributed by atoms with Crippen LogP contribution < -0.4 is 4.74 Å². The Bertz CT molecular complexity index is 598. The minimum atomic E-state index is -3.18. The van der Waals surface area contributed by atoms with Crippen molar-refractivity contribution in [1.29, 1.82) is 0 Å². The summed E-state index contributed by atoms with van der Waals surface area (Å²) in [6, 6.07) is 1.96. The Morgan fingerprint density at radius 1 is 1.29 bits per heavy atom. The van der Waals surface area contributed by atoms with E-state index < -0.39 is 32.2 Å². The Morgan fingerprint density at radius 3 is 2.38 bits per heavy atom. The van der Waals surface area contributed by atoms with Gasteiger partial charge in [0.2, 0.25) is 0 Å². The monoisotopic (exact) mass is 316 g/mol. The predicted octanol–water partition coefficient (Wildman–Crippen LogP) is 3.44. The molecule has 0 atom stereocenters. The molecular weight excluding hydrogens is 301 g/mol. The molecule has 0 heterocycles. The second-order valence-corrected chi connectivity index (χ2v) is 9.95. The lowest BCUT2D eigenvalue weighted by atomic mass is 10.1. The van der Waals surface area contributed by atoms with Gasteiger partial charge in [-0.3, -0.25) is 0 Å². The van der Waals surface area contributed by atoms with Gasteiger partial charge in [-0.05, 0) is 12.1 Å². The normalized spacial score (nSPS) is 10.9. The van der Waals surface area contributed by atoms with Crippen LogP contribution in [0.15, 0.2) is 12.1 Å². The molecule has 0 aliphatic heterocycles. The van der Waals surface area contributed by atoms with Crippen molar-refractivity contribution < 1.29 is 27.4 Å². The van der Waals surface area contributed by atoms with Crippen LogP contribution in [-0.2, 0) is 4.74 Å². The fraction of sp³-hybridized carbons (Fsp3) is 0.357. The van der Waals surface area contributed by atoms with Crippen molar-refractivity contribution in [2.24, 2.45) is 0 Å². The number of benzene rings is 1. The first kappa shape index (κ1) is 17.1. The number of rotatable bonds is 3. The van der Waals surface area contributed by atoms with Crippen LogP contribution in [-0.4, -0.2) is 27.8 Å². The Morgan fingerprint density at radius 2 is 1.90 bits per heavy atom. The van der Waals surface area contributed by atoms with Crippen LogP contribution in [0.3, 0.4) is 0 Å². The van der Waals surface area contributed by atoms with Crippen LogP contribution >= 0.6 is 0 Å². The van der Waals surface area contributed by atoms with Gasteiger partial charge >= 0.3 is 12.6 Å². The van der Waals surface area contributed by atoms with Gasteiger partial charge in [0.05, 0.1) is 18.2 Å². The van der Waals surface area contributed by atoms with Crippen molar-refractivity contribution in [3.05, 3.63) is 29.1 Å². The highest BCUT2D eigenvalue weighted by atomic mass is 28.3. The number of carbonyl (C=O) groups excluding carboxylic acids is 1. The maximum absolute atomic E-state index is 13.9. The average Bonchev–Trinajstić information content (AvgIpc) is 2.36. The molecule has 0 spiro atoms. The number of alkyl halides is 2. The van der Waals surface area contributed by atoms with Crippen molar-refractivity contribution in [2.75, 3.05) is 7.11 Å². The zero-order valence-corrected chi connectivity index (χ0v) is 13.1. The van der Waals surface area contributed by atoms with E-state index in [9.17, 15) is 18.0 Å². The maximum Gasteiger partial charge on any atom is 0.387 e. The third kappa shape index (κ3) is 5.15. The highest BCUT2D eigenvalue weighted by Gasteiger charge is 2.19. The largest absolute Gasteiger partial charge is 0.465 e. The van der Waals surface area contributed by atoms with Crippen molar-refractivity contribution in [3.8, 4) is 17.2 Å². The molecule has 0 radical (unpaired) electrons. The van der Waals surface area contributed by atoms with E-state index in [1.807, 2.05) is 19.6 Å². The van der Waals surface area contributed by atoms with Gasteiger partial charge in [0.25, 0.3) is 0 Å². The van der Waals surface area contributed by atoms with Crippen LogP contribution in [0, 0.1) is 17.3 Å². The van der Waals surface area contributed by atoms with E-state index >= 15 is 0 Å². The van der Waals surface area contributed by atoms with E-state index in [2.05, 4.69) is 20.9 Å². The summed E-state index contributed by atoms with van der Waals surface area (Å²) in [6.07, 6.45) is 0. The fourth-order valence-corrected chi connectivity index (χ4v) is 1.90. The van der Waals surface area contributed by atoms with Crippen LogP contribution in [0.1, 0.15) is 15.9 Å². The van der Waals surface area contributed by atoms with E-state index in [0.29, 0.717) is 0 Å². The van der Waals surface area contributed by atoms with Gasteiger partial charge in [0.15, 0.2) is 11.6 Å². The average molecular weight is 316 g/mol. The minimum Gasteiger partial charge on any atom is -0.465 e. The van der Waals surface area contributed by atoms with E-state index in [1.54, 1.807) is 0 Å². The van der Waals surface area contributed by atoms with E-state index in [1.165, 1.54) is 6.07 Å². The summed E-state index contributed by atoms with van der Waals surface area (Å²) in [6.45, 7) is 2.63. The maximum atomic E-state index is 13.9. The van der Waals surface area contributed by atoms with E-state index in [4.69, 9.17) is 0 Å². The van der Waals surface area contributed by atoms with E-state index in [0.717, 1.165) is 13.2 Å². The summed E-state index contributed by atoms with van der Waals surface area (Å²) in [5.74, 6) is 0.0920. The summed E-state index contributed by atoms with van der Waals surface area (Å²) < 4.78 is 47.2. The number of methoxy groups -OCH3 is 1. The SMILES string of the molecule is COC(=O)c1cc(F)c(OC(F)F)c(C#C[Si](C)(C)C)c1. The Hall–Kier alpha value is -1.94. The second kappa shape index (κ2) is 6.67. The summed E-state index contributed by atoms with van der Waals surface area (Å²) in [5, 5.41) is 0. The van der Waals surface area contributed by atoms with Gasteiger partial charge in [-0.2, -0.15) is 8.78 Å². The zero-order valence-electron chi connectivity index (χ0n) is 12.1. The van der Waals surface area contributed by atoms with Crippen molar-refractivity contribution in [1.82, 2.24) is 0 Å². The number of hydrogen-bond donors (Lipinski definition) is 0. The molecule has 0 saturated heterocycles. The molecule has 0 saturated carbocycles. The third-order valence-corrected chi connectivity index (χ3v) is 3.12. The molecule has 1 aromatic rings. The molecule has 7 heteroatoms. The molecule has 1 aromatic carbocycles. The Balaban J connectivity index is 3.41.